The van der Waals surface area contributed by atoms with E-state index >= 15 is 0 Å². The van der Waals surface area contributed by atoms with Gasteiger partial charge < -0.3 is 4.74 Å². The molecule has 1 aromatic carbocycles. The van der Waals surface area contributed by atoms with Gasteiger partial charge in [-0.1, -0.05) is 33.8 Å². The van der Waals surface area contributed by atoms with Crippen LogP contribution in [0.4, 0.5) is 0 Å². The van der Waals surface area contributed by atoms with Crippen molar-refractivity contribution in [3.63, 3.8) is 0 Å². The third kappa shape index (κ3) is 2.92. The predicted octanol–water partition coefficient (Wildman–Crippen LogP) is 4.16. The second-order valence-corrected chi connectivity index (χ2v) is 5.92. The number of ether oxygens (including phenoxy) is 1. The summed E-state index contributed by atoms with van der Waals surface area (Å²) >= 11 is 0. The van der Waals surface area contributed by atoms with E-state index < -0.39 is 0 Å². The van der Waals surface area contributed by atoms with Crippen LogP contribution in [0.2, 0.25) is 0 Å². The number of carbonyl (C=O) groups excluding carboxylic acids is 1. The molecule has 2 nitrogen and oxygen atoms in total. The number of rotatable bonds is 3. The van der Waals surface area contributed by atoms with Gasteiger partial charge in [-0.15, -0.1) is 0 Å². The highest BCUT2D eigenvalue weighted by atomic mass is 16.5. The molecule has 1 aromatic rings. The Morgan fingerprint density at radius 2 is 1.78 bits per heavy atom. The Morgan fingerprint density at radius 1 is 1.22 bits per heavy atom. The van der Waals surface area contributed by atoms with Crippen LogP contribution >= 0.6 is 0 Å². The largest absolute Gasteiger partial charge is 0.426 e. The molecule has 1 rings (SSSR count). The van der Waals surface area contributed by atoms with Crippen LogP contribution in [0.25, 0.3) is 0 Å². The minimum atomic E-state index is -0.263. The Balaban J connectivity index is 3.45. The molecular weight excluding hydrogens is 224 g/mol. The van der Waals surface area contributed by atoms with Gasteiger partial charge in [0.2, 0.25) is 0 Å². The summed E-state index contributed by atoms with van der Waals surface area (Å²) in [4.78, 5) is 11.3. The summed E-state index contributed by atoms with van der Waals surface area (Å²) in [6, 6.07) is 4.10. The fourth-order valence-electron chi connectivity index (χ4n) is 2.28. The molecule has 18 heavy (non-hydrogen) atoms. The van der Waals surface area contributed by atoms with Gasteiger partial charge in [0.1, 0.15) is 5.75 Å². The normalized spacial score (nSPS) is 11.8. The van der Waals surface area contributed by atoms with E-state index in [0.717, 1.165) is 11.1 Å². The maximum absolute atomic E-state index is 11.3. The summed E-state index contributed by atoms with van der Waals surface area (Å²) in [5.41, 5.74) is 3.41. The maximum Gasteiger partial charge on any atom is 0.308 e. The number of hydrogen-bond donors (Lipinski definition) is 0. The molecule has 0 aliphatic rings. The lowest BCUT2D eigenvalue weighted by Gasteiger charge is -2.33. The number of carbonyl (C=O) groups is 1. The van der Waals surface area contributed by atoms with E-state index in [4.69, 9.17) is 4.74 Å². The van der Waals surface area contributed by atoms with Crippen molar-refractivity contribution in [1.29, 1.82) is 0 Å². The van der Waals surface area contributed by atoms with E-state index in [-0.39, 0.29) is 11.4 Å². The molecule has 0 atom stereocenters. The second-order valence-electron chi connectivity index (χ2n) is 5.92. The summed E-state index contributed by atoms with van der Waals surface area (Å²) in [5, 5.41) is 0. The molecule has 0 heterocycles. The van der Waals surface area contributed by atoms with Gasteiger partial charge in [0.05, 0.1) is 0 Å². The molecule has 0 aliphatic carbocycles. The molecule has 0 saturated carbocycles. The molecule has 0 unspecified atom stereocenters. The van der Waals surface area contributed by atoms with Crippen molar-refractivity contribution in [2.75, 3.05) is 0 Å². The minimum absolute atomic E-state index is 0.0252. The van der Waals surface area contributed by atoms with Crippen LogP contribution in [0, 0.1) is 19.8 Å². The average molecular weight is 248 g/mol. The molecule has 100 valence electrons. The molecule has 0 aliphatic heterocycles. The van der Waals surface area contributed by atoms with E-state index in [0.29, 0.717) is 11.7 Å². The first-order chi connectivity index (χ1) is 8.16. The summed E-state index contributed by atoms with van der Waals surface area (Å²) in [6.45, 7) is 14.3. The van der Waals surface area contributed by atoms with Crippen LogP contribution in [0.15, 0.2) is 12.1 Å². The van der Waals surface area contributed by atoms with Crippen molar-refractivity contribution in [1.82, 2.24) is 0 Å². The molecule has 2 heteroatoms. The first-order valence-electron chi connectivity index (χ1n) is 6.46. The number of esters is 1. The molecule has 0 saturated heterocycles. The van der Waals surface area contributed by atoms with Gasteiger partial charge >= 0.3 is 5.97 Å². The fraction of sp³-hybridized carbons (Fsp3) is 0.562. The third-order valence-electron chi connectivity index (χ3n) is 3.79. The average Bonchev–Trinajstić information content (AvgIpc) is 2.13. The zero-order valence-electron chi connectivity index (χ0n) is 12.5. The van der Waals surface area contributed by atoms with Gasteiger partial charge in [0.15, 0.2) is 0 Å². The Kier molecular flexibility index (Phi) is 4.20. The molecule has 0 fully saturated rings. The summed E-state index contributed by atoms with van der Waals surface area (Å²) < 4.78 is 5.40. The smallest absolute Gasteiger partial charge is 0.308 e. The maximum atomic E-state index is 11.3. The quantitative estimate of drug-likeness (QED) is 0.593. The van der Waals surface area contributed by atoms with Crippen LogP contribution in [-0.2, 0) is 10.2 Å². The first-order valence-corrected chi connectivity index (χ1v) is 6.46. The number of aryl methyl sites for hydroxylation is 2. The van der Waals surface area contributed by atoms with Gasteiger partial charge in [0.25, 0.3) is 0 Å². The Hall–Kier alpha value is -1.31. The van der Waals surface area contributed by atoms with Crippen molar-refractivity contribution in [3.05, 3.63) is 28.8 Å². The van der Waals surface area contributed by atoms with Crippen LogP contribution in [0.3, 0.4) is 0 Å². The Bertz CT molecular complexity index is 456. The lowest BCUT2D eigenvalue weighted by Crippen LogP contribution is -2.27. The van der Waals surface area contributed by atoms with Crippen LogP contribution in [0.5, 0.6) is 5.75 Å². The van der Waals surface area contributed by atoms with E-state index in [1.54, 1.807) is 0 Å². The predicted molar refractivity (Wildman–Crippen MR) is 75.1 cm³/mol. The summed E-state index contributed by atoms with van der Waals surface area (Å²) in [7, 11) is 0. The van der Waals surface area contributed by atoms with Crippen molar-refractivity contribution in [2.45, 2.75) is 53.9 Å². The molecule has 0 radical (unpaired) electrons. The van der Waals surface area contributed by atoms with E-state index in [9.17, 15) is 4.79 Å². The highest BCUT2D eigenvalue weighted by molar-refractivity contribution is 5.70. The SMILES string of the molecule is CC(=O)Oc1cc(C)cc(C)c1C(C)(C)C(C)C. The van der Waals surface area contributed by atoms with E-state index in [1.165, 1.54) is 12.5 Å². The van der Waals surface area contributed by atoms with Gasteiger partial charge in [-0.05, 0) is 42.4 Å². The van der Waals surface area contributed by atoms with Crippen molar-refractivity contribution >= 4 is 5.97 Å². The molecule has 0 spiro atoms. The lowest BCUT2D eigenvalue weighted by molar-refractivity contribution is -0.131. The molecule has 0 amide bonds. The van der Waals surface area contributed by atoms with E-state index in [1.807, 2.05) is 13.0 Å². The zero-order chi connectivity index (χ0) is 14.1. The van der Waals surface area contributed by atoms with Crippen LogP contribution < -0.4 is 4.74 Å². The van der Waals surface area contributed by atoms with Crippen molar-refractivity contribution in [3.8, 4) is 5.75 Å². The van der Waals surface area contributed by atoms with Crippen LogP contribution in [-0.4, -0.2) is 5.97 Å². The second kappa shape index (κ2) is 5.13. The molecule has 0 bridgehead atoms. The van der Waals surface area contributed by atoms with Gasteiger partial charge in [-0.3, -0.25) is 4.79 Å². The minimum Gasteiger partial charge on any atom is -0.426 e. The first kappa shape index (κ1) is 14.7. The standard InChI is InChI=1S/C16H24O2/c1-10(2)16(6,7)15-12(4)8-11(3)9-14(15)18-13(5)17/h8-10H,1-7H3. The highest BCUT2D eigenvalue weighted by Crippen LogP contribution is 2.40. The topological polar surface area (TPSA) is 26.3 Å². The van der Waals surface area contributed by atoms with E-state index in [2.05, 4.69) is 40.7 Å². The van der Waals surface area contributed by atoms with Gasteiger partial charge in [-0.25, -0.2) is 0 Å². The Morgan fingerprint density at radius 3 is 2.22 bits per heavy atom. The third-order valence-corrected chi connectivity index (χ3v) is 3.79. The zero-order valence-corrected chi connectivity index (χ0v) is 12.5. The summed E-state index contributed by atoms with van der Waals surface area (Å²) in [6.07, 6.45) is 0. The molecular formula is C16H24O2. The van der Waals surface area contributed by atoms with Crippen molar-refractivity contribution in [2.24, 2.45) is 5.92 Å². The van der Waals surface area contributed by atoms with Gasteiger partial charge in [0, 0.05) is 12.5 Å². The summed E-state index contributed by atoms with van der Waals surface area (Å²) in [5.74, 6) is 0.910. The lowest BCUT2D eigenvalue weighted by atomic mass is 9.73. The molecule has 0 N–H and O–H groups in total. The monoisotopic (exact) mass is 248 g/mol. The van der Waals surface area contributed by atoms with Crippen LogP contribution in [0.1, 0.15) is 51.3 Å². The van der Waals surface area contributed by atoms with Crippen molar-refractivity contribution < 1.29 is 9.53 Å². The van der Waals surface area contributed by atoms with Gasteiger partial charge in [-0.2, -0.15) is 0 Å². The Labute approximate surface area is 110 Å². The number of hydrogen-bond acceptors (Lipinski definition) is 2. The number of benzene rings is 1. The molecule has 0 aromatic heterocycles. The highest BCUT2D eigenvalue weighted by Gasteiger charge is 2.30. The fourth-order valence-corrected chi connectivity index (χ4v) is 2.28.